The zero-order valence-corrected chi connectivity index (χ0v) is 17.0. The Labute approximate surface area is 174 Å². The Morgan fingerprint density at radius 1 is 1.17 bits per heavy atom. The highest BCUT2D eigenvalue weighted by Crippen LogP contribution is 2.40. The van der Waals surface area contributed by atoms with Crippen LogP contribution in [0.2, 0.25) is 0 Å². The van der Waals surface area contributed by atoms with Crippen LogP contribution in [-0.4, -0.2) is 41.3 Å². The van der Waals surface area contributed by atoms with Gasteiger partial charge in [-0.2, -0.15) is 5.21 Å². The first kappa shape index (κ1) is 19.8. The van der Waals surface area contributed by atoms with Crippen LogP contribution in [0.5, 0.6) is 0 Å². The van der Waals surface area contributed by atoms with Crippen molar-refractivity contribution in [2.75, 3.05) is 0 Å². The Morgan fingerprint density at radius 2 is 1.93 bits per heavy atom. The van der Waals surface area contributed by atoms with Crippen LogP contribution < -0.4 is 0 Å². The van der Waals surface area contributed by atoms with E-state index in [0.717, 1.165) is 23.9 Å². The van der Waals surface area contributed by atoms with E-state index in [-0.39, 0.29) is 0 Å². The van der Waals surface area contributed by atoms with Gasteiger partial charge in [0.05, 0.1) is 17.4 Å². The van der Waals surface area contributed by atoms with Gasteiger partial charge >= 0.3 is 5.97 Å². The second-order valence-corrected chi connectivity index (χ2v) is 7.84. The molecular formula is C22H24N6O2. The van der Waals surface area contributed by atoms with Gasteiger partial charge in [-0.15, -0.1) is 10.2 Å². The van der Waals surface area contributed by atoms with Crippen LogP contribution >= 0.6 is 0 Å². The number of carbonyl (C=O) groups is 1. The number of para-hydroxylation sites is 2. The number of aromatic nitrogens is 6. The van der Waals surface area contributed by atoms with Gasteiger partial charge in [-0.25, -0.2) is 9.78 Å². The third kappa shape index (κ3) is 3.34. The van der Waals surface area contributed by atoms with Gasteiger partial charge < -0.3 is 9.67 Å². The summed E-state index contributed by atoms with van der Waals surface area (Å²) in [5, 5.41) is 25.0. The first-order valence-corrected chi connectivity index (χ1v) is 10.0. The summed E-state index contributed by atoms with van der Waals surface area (Å²) in [5.41, 5.74) is 1.42. The highest BCUT2D eigenvalue weighted by atomic mass is 16.4. The van der Waals surface area contributed by atoms with Crippen LogP contribution in [0, 0.1) is 5.92 Å². The number of aliphatic carboxylic acids is 1. The molecule has 0 aliphatic heterocycles. The number of benzene rings is 2. The molecule has 0 saturated carbocycles. The van der Waals surface area contributed by atoms with Crippen molar-refractivity contribution in [1.82, 2.24) is 30.2 Å². The molecule has 0 saturated heterocycles. The highest BCUT2D eigenvalue weighted by molar-refractivity contribution is 5.88. The van der Waals surface area contributed by atoms with Gasteiger partial charge in [0.15, 0.2) is 5.54 Å². The Kier molecular flexibility index (Phi) is 5.31. The quantitative estimate of drug-likeness (QED) is 0.461. The van der Waals surface area contributed by atoms with E-state index >= 15 is 0 Å². The highest BCUT2D eigenvalue weighted by Gasteiger charge is 2.44. The molecule has 4 rings (SSSR count). The summed E-state index contributed by atoms with van der Waals surface area (Å²) in [6.07, 6.45) is 3.71. The van der Waals surface area contributed by atoms with Crippen LogP contribution in [-0.2, 0) is 10.3 Å². The molecule has 154 valence electrons. The molecule has 1 unspecified atom stereocenters. The van der Waals surface area contributed by atoms with Gasteiger partial charge in [0.25, 0.3) is 0 Å². The van der Waals surface area contributed by atoms with Crippen molar-refractivity contribution < 1.29 is 9.90 Å². The second kappa shape index (κ2) is 8.06. The topological polar surface area (TPSA) is 110 Å². The summed E-state index contributed by atoms with van der Waals surface area (Å²) in [6.45, 7) is 4.28. The SMILES string of the molecule is CC(C)CCCC(C(=O)O)(c1ccccc1-c1nn[nH]n1)n1cnc2ccccc21. The van der Waals surface area contributed by atoms with Crippen molar-refractivity contribution >= 4 is 17.0 Å². The van der Waals surface area contributed by atoms with Gasteiger partial charge in [0.2, 0.25) is 5.82 Å². The summed E-state index contributed by atoms with van der Waals surface area (Å²) in [4.78, 5) is 17.5. The minimum Gasteiger partial charge on any atom is -0.479 e. The lowest BCUT2D eigenvalue weighted by Gasteiger charge is -2.33. The van der Waals surface area contributed by atoms with Crippen molar-refractivity contribution in [2.45, 2.75) is 38.6 Å². The molecular weight excluding hydrogens is 380 g/mol. The lowest BCUT2D eigenvalue weighted by atomic mass is 9.80. The van der Waals surface area contributed by atoms with E-state index in [1.54, 1.807) is 10.9 Å². The molecule has 30 heavy (non-hydrogen) atoms. The van der Waals surface area contributed by atoms with Crippen LogP contribution in [0.1, 0.15) is 38.7 Å². The van der Waals surface area contributed by atoms with E-state index in [4.69, 9.17) is 0 Å². The molecule has 2 aromatic carbocycles. The summed E-state index contributed by atoms with van der Waals surface area (Å²) < 4.78 is 1.78. The fraction of sp³-hybridized carbons (Fsp3) is 0.318. The molecule has 0 spiro atoms. The van der Waals surface area contributed by atoms with Crippen LogP contribution in [0.25, 0.3) is 22.4 Å². The smallest absolute Gasteiger partial charge is 0.334 e. The Bertz CT molecular complexity index is 1150. The van der Waals surface area contributed by atoms with Gasteiger partial charge in [-0.3, -0.25) is 0 Å². The lowest BCUT2D eigenvalue weighted by Crippen LogP contribution is -2.43. The monoisotopic (exact) mass is 404 g/mol. The van der Waals surface area contributed by atoms with Crippen LogP contribution in [0.4, 0.5) is 0 Å². The van der Waals surface area contributed by atoms with E-state index in [0.29, 0.717) is 29.3 Å². The minimum absolute atomic E-state index is 0.365. The number of tetrazole rings is 1. The van der Waals surface area contributed by atoms with Crippen molar-refractivity contribution in [2.24, 2.45) is 5.92 Å². The Balaban J connectivity index is 1.98. The number of fused-ring (bicyclic) bond motifs is 1. The standard InChI is InChI=1S/C22H24N6O2/c1-15(2)8-7-13-22(21(29)30,28-14-23-18-11-5-6-12-19(18)28)17-10-4-3-9-16(17)20-24-26-27-25-20/h3-6,9-12,14-15H,7-8,13H2,1-2H3,(H,29,30)(H,24,25,26,27). The zero-order chi connectivity index (χ0) is 21.1. The maximum Gasteiger partial charge on any atom is 0.334 e. The molecule has 4 aromatic rings. The predicted octanol–water partition coefficient (Wildman–Crippen LogP) is 3.87. The maximum atomic E-state index is 13.0. The van der Waals surface area contributed by atoms with Crippen LogP contribution in [0.15, 0.2) is 54.9 Å². The minimum atomic E-state index is -1.36. The van der Waals surface area contributed by atoms with E-state index in [1.165, 1.54) is 0 Å². The van der Waals surface area contributed by atoms with Crippen LogP contribution in [0.3, 0.4) is 0 Å². The summed E-state index contributed by atoms with van der Waals surface area (Å²) in [5.74, 6) is -0.0988. The molecule has 0 aliphatic carbocycles. The molecule has 2 N–H and O–H groups in total. The van der Waals surface area contributed by atoms with Gasteiger partial charge in [0.1, 0.15) is 0 Å². The zero-order valence-electron chi connectivity index (χ0n) is 17.0. The average molecular weight is 404 g/mol. The molecule has 0 radical (unpaired) electrons. The van der Waals surface area contributed by atoms with Gasteiger partial charge in [0, 0.05) is 11.1 Å². The Morgan fingerprint density at radius 3 is 2.67 bits per heavy atom. The summed E-state index contributed by atoms with van der Waals surface area (Å²) >= 11 is 0. The molecule has 0 aliphatic rings. The van der Waals surface area contributed by atoms with E-state index in [9.17, 15) is 9.90 Å². The van der Waals surface area contributed by atoms with Crippen molar-refractivity contribution in [3.63, 3.8) is 0 Å². The molecule has 8 heteroatoms. The number of hydrogen-bond donors (Lipinski definition) is 2. The molecule has 0 amide bonds. The number of rotatable bonds is 8. The predicted molar refractivity (Wildman–Crippen MR) is 113 cm³/mol. The third-order valence-electron chi connectivity index (χ3n) is 5.50. The normalized spacial score (nSPS) is 13.6. The first-order valence-electron chi connectivity index (χ1n) is 10.0. The third-order valence-corrected chi connectivity index (χ3v) is 5.50. The first-order chi connectivity index (χ1) is 14.5. The van der Waals surface area contributed by atoms with Gasteiger partial charge in [-0.1, -0.05) is 56.7 Å². The number of carboxylic acid groups (broad SMARTS) is 1. The van der Waals surface area contributed by atoms with Crippen molar-refractivity contribution in [1.29, 1.82) is 0 Å². The number of nitrogens with zero attached hydrogens (tertiary/aromatic N) is 5. The van der Waals surface area contributed by atoms with E-state index in [1.807, 2.05) is 48.5 Å². The second-order valence-electron chi connectivity index (χ2n) is 7.84. The fourth-order valence-electron chi connectivity index (χ4n) is 4.05. The molecule has 0 bridgehead atoms. The Hall–Kier alpha value is -3.55. The number of aromatic amines is 1. The number of imidazole rings is 1. The summed E-state index contributed by atoms with van der Waals surface area (Å²) in [6, 6.07) is 14.9. The lowest BCUT2D eigenvalue weighted by molar-refractivity contribution is -0.145. The number of nitrogens with one attached hydrogen (secondary N) is 1. The fourth-order valence-corrected chi connectivity index (χ4v) is 4.05. The number of carboxylic acids is 1. The number of H-pyrrole nitrogens is 1. The average Bonchev–Trinajstić information content (AvgIpc) is 3.41. The summed E-state index contributed by atoms with van der Waals surface area (Å²) in [7, 11) is 0. The molecule has 1 atom stereocenters. The number of hydrogen-bond acceptors (Lipinski definition) is 5. The molecule has 2 heterocycles. The molecule has 8 nitrogen and oxygen atoms in total. The van der Waals surface area contributed by atoms with Crippen molar-refractivity contribution in [3.05, 3.63) is 60.4 Å². The molecule has 0 fully saturated rings. The van der Waals surface area contributed by atoms with Crippen molar-refractivity contribution in [3.8, 4) is 11.4 Å². The largest absolute Gasteiger partial charge is 0.479 e. The molecule has 2 aromatic heterocycles. The van der Waals surface area contributed by atoms with Gasteiger partial charge in [-0.05, 0) is 36.1 Å². The maximum absolute atomic E-state index is 13.0. The van der Waals surface area contributed by atoms with E-state index in [2.05, 4.69) is 39.5 Å². The van der Waals surface area contributed by atoms with E-state index < -0.39 is 11.5 Å².